The zero-order chi connectivity index (χ0) is 7.94. The second-order valence-electron chi connectivity index (χ2n) is 2.15. The van der Waals surface area contributed by atoms with E-state index >= 15 is 0 Å². The minimum absolute atomic E-state index is 0.173. The molecule has 0 aromatic rings. The lowest BCUT2D eigenvalue weighted by atomic mass is 10.3. The average Bonchev–Trinajstić information content (AvgIpc) is 2.07. The van der Waals surface area contributed by atoms with Crippen molar-refractivity contribution >= 4 is 0 Å². The molecule has 0 aliphatic carbocycles. The first-order valence-electron chi connectivity index (χ1n) is 3.64. The van der Waals surface area contributed by atoms with Crippen molar-refractivity contribution in [3.8, 4) is 0 Å². The van der Waals surface area contributed by atoms with Gasteiger partial charge >= 0.3 is 0 Å². The summed E-state index contributed by atoms with van der Waals surface area (Å²) in [5, 5.41) is 11.4. The molecule has 0 aromatic carbocycles. The number of ether oxygens (including phenoxy) is 1. The van der Waals surface area contributed by atoms with Crippen molar-refractivity contribution < 1.29 is 9.84 Å². The van der Waals surface area contributed by atoms with Gasteiger partial charge in [0.2, 0.25) is 6.23 Å². The monoisotopic (exact) mass is 154 g/mol. The number of hydrogen-bond donors (Lipinski definition) is 2. The Morgan fingerprint density at radius 2 is 2.36 bits per heavy atom. The molecule has 0 bridgehead atoms. The molecule has 11 heavy (non-hydrogen) atoms. The normalized spacial score (nSPS) is 16.8. The van der Waals surface area contributed by atoms with E-state index < -0.39 is 0 Å². The van der Waals surface area contributed by atoms with Gasteiger partial charge in [-0.05, 0) is 24.8 Å². The number of dihydropyridines is 1. The molecule has 0 spiro atoms. The van der Waals surface area contributed by atoms with Gasteiger partial charge in [0, 0.05) is 6.61 Å². The molecule has 1 heterocycles. The SMILES string of the molecule is OCCCO[C]1C=CC=CN1. The lowest BCUT2D eigenvalue weighted by Gasteiger charge is -2.13. The van der Waals surface area contributed by atoms with Crippen LogP contribution in [0.5, 0.6) is 0 Å². The van der Waals surface area contributed by atoms with Gasteiger partial charge in [-0.3, -0.25) is 0 Å². The van der Waals surface area contributed by atoms with Gasteiger partial charge in [-0.25, -0.2) is 0 Å². The van der Waals surface area contributed by atoms with Gasteiger partial charge < -0.3 is 15.2 Å². The largest absolute Gasteiger partial charge is 0.396 e. The van der Waals surface area contributed by atoms with Crippen LogP contribution in [0.4, 0.5) is 0 Å². The Bertz CT molecular complexity index is 154. The van der Waals surface area contributed by atoms with Crippen LogP contribution < -0.4 is 5.32 Å². The fourth-order valence-electron chi connectivity index (χ4n) is 0.713. The first-order valence-corrected chi connectivity index (χ1v) is 3.64. The first kappa shape index (κ1) is 8.30. The molecule has 1 aliphatic rings. The van der Waals surface area contributed by atoms with Gasteiger partial charge in [0.25, 0.3) is 0 Å². The molecule has 0 amide bonds. The predicted molar refractivity (Wildman–Crippen MR) is 42.3 cm³/mol. The Hall–Kier alpha value is -0.800. The highest BCUT2D eigenvalue weighted by Gasteiger charge is 2.04. The van der Waals surface area contributed by atoms with Crippen LogP contribution in [0.1, 0.15) is 6.42 Å². The number of nitrogens with one attached hydrogen (secondary N) is 1. The molecule has 61 valence electrons. The van der Waals surface area contributed by atoms with Crippen molar-refractivity contribution in [2.24, 2.45) is 0 Å². The molecule has 0 saturated carbocycles. The first-order chi connectivity index (χ1) is 5.43. The summed E-state index contributed by atoms with van der Waals surface area (Å²) in [6, 6.07) is 0. The summed E-state index contributed by atoms with van der Waals surface area (Å²) in [6.07, 6.45) is 8.83. The molecule has 0 aromatic heterocycles. The van der Waals surface area contributed by atoms with Gasteiger partial charge in [0.05, 0.1) is 6.61 Å². The Balaban J connectivity index is 2.07. The molecule has 1 rings (SSSR count). The molecular formula is C8H12NO2. The van der Waals surface area contributed by atoms with Crippen LogP contribution in [0.25, 0.3) is 0 Å². The molecule has 3 heteroatoms. The zero-order valence-electron chi connectivity index (χ0n) is 6.29. The zero-order valence-corrected chi connectivity index (χ0v) is 6.29. The Morgan fingerprint density at radius 1 is 1.45 bits per heavy atom. The third-order valence-corrected chi connectivity index (χ3v) is 1.24. The van der Waals surface area contributed by atoms with E-state index in [0.29, 0.717) is 13.0 Å². The molecule has 0 fully saturated rings. The lowest BCUT2D eigenvalue weighted by Crippen LogP contribution is -2.18. The maximum absolute atomic E-state index is 8.45. The van der Waals surface area contributed by atoms with E-state index in [2.05, 4.69) is 5.32 Å². The highest BCUT2D eigenvalue weighted by Crippen LogP contribution is 2.04. The van der Waals surface area contributed by atoms with E-state index in [-0.39, 0.29) is 6.61 Å². The molecule has 3 nitrogen and oxygen atoms in total. The smallest absolute Gasteiger partial charge is 0.210 e. The van der Waals surface area contributed by atoms with E-state index in [4.69, 9.17) is 9.84 Å². The summed E-state index contributed by atoms with van der Waals surface area (Å²) in [5.41, 5.74) is 0. The van der Waals surface area contributed by atoms with Crippen LogP contribution in [0, 0.1) is 6.23 Å². The summed E-state index contributed by atoms with van der Waals surface area (Å²) in [5.74, 6) is 0. The summed E-state index contributed by atoms with van der Waals surface area (Å²) in [4.78, 5) is 0. The topological polar surface area (TPSA) is 41.5 Å². The van der Waals surface area contributed by atoms with Gasteiger partial charge in [-0.15, -0.1) is 0 Å². The van der Waals surface area contributed by atoms with Crippen LogP contribution in [-0.2, 0) is 4.74 Å². The van der Waals surface area contributed by atoms with Gasteiger partial charge in [0.1, 0.15) is 0 Å². The summed E-state index contributed by atoms with van der Waals surface area (Å²) in [6.45, 7) is 0.726. The Morgan fingerprint density at radius 3 is 3.00 bits per heavy atom. The maximum atomic E-state index is 8.45. The average molecular weight is 154 g/mol. The molecule has 0 saturated heterocycles. The van der Waals surface area contributed by atoms with Crippen molar-refractivity contribution in [2.45, 2.75) is 6.42 Å². The maximum Gasteiger partial charge on any atom is 0.210 e. The van der Waals surface area contributed by atoms with Crippen molar-refractivity contribution in [3.63, 3.8) is 0 Å². The van der Waals surface area contributed by atoms with Crippen LogP contribution >= 0.6 is 0 Å². The van der Waals surface area contributed by atoms with E-state index in [0.717, 1.165) is 6.23 Å². The van der Waals surface area contributed by atoms with E-state index in [1.165, 1.54) is 0 Å². The van der Waals surface area contributed by atoms with Crippen molar-refractivity contribution in [2.75, 3.05) is 13.2 Å². The minimum atomic E-state index is 0.173. The van der Waals surface area contributed by atoms with Crippen LogP contribution in [0.15, 0.2) is 24.4 Å². The third-order valence-electron chi connectivity index (χ3n) is 1.24. The Kier molecular flexibility index (Phi) is 3.72. The van der Waals surface area contributed by atoms with Gasteiger partial charge in [-0.1, -0.05) is 6.08 Å². The number of rotatable bonds is 4. The van der Waals surface area contributed by atoms with E-state index in [1.54, 1.807) is 6.20 Å². The molecular weight excluding hydrogens is 142 g/mol. The minimum Gasteiger partial charge on any atom is -0.396 e. The second kappa shape index (κ2) is 4.93. The number of hydrogen-bond acceptors (Lipinski definition) is 3. The van der Waals surface area contributed by atoms with E-state index in [1.807, 2.05) is 18.2 Å². The summed E-state index contributed by atoms with van der Waals surface area (Å²) >= 11 is 0. The van der Waals surface area contributed by atoms with Crippen molar-refractivity contribution in [1.29, 1.82) is 0 Å². The quantitative estimate of drug-likeness (QED) is 0.581. The molecule has 0 atom stereocenters. The number of allylic oxidation sites excluding steroid dienone is 2. The molecule has 0 unspecified atom stereocenters. The lowest BCUT2D eigenvalue weighted by molar-refractivity contribution is 0.129. The van der Waals surface area contributed by atoms with Crippen LogP contribution in [0.2, 0.25) is 0 Å². The molecule has 2 N–H and O–H groups in total. The van der Waals surface area contributed by atoms with Crippen molar-refractivity contribution in [1.82, 2.24) is 5.32 Å². The highest BCUT2D eigenvalue weighted by atomic mass is 16.5. The molecule has 1 radical (unpaired) electrons. The molecule has 1 aliphatic heterocycles. The number of aliphatic hydroxyl groups is 1. The van der Waals surface area contributed by atoms with Crippen molar-refractivity contribution in [3.05, 3.63) is 30.7 Å². The third kappa shape index (κ3) is 3.20. The van der Waals surface area contributed by atoms with Gasteiger partial charge in [0.15, 0.2) is 0 Å². The van der Waals surface area contributed by atoms with Crippen LogP contribution in [-0.4, -0.2) is 18.3 Å². The number of aliphatic hydroxyl groups excluding tert-OH is 1. The fraction of sp³-hybridized carbons (Fsp3) is 0.375. The summed E-state index contributed by atoms with van der Waals surface area (Å²) < 4.78 is 5.23. The standard InChI is InChI=1S/C8H12NO2/c10-6-3-7-11-8-4-1-2-5-9-8/h1-2,4-5,9-10H,3,6-7H2. The van der Waals surface area contributed by atoms with Gasteiger partial charge in [-0.2, -0.15) is 0 Å². The second-order valence-corrected chi connectivity index (χ2v) is 2.15. The van der Waals surface area contributed by atoms with E-state index in [9.17, 15) is 0 Å². The predicted octanol–water partition coefficient (Wildman–Crippen LogP) is 0.548. The Labute approximate surface area is 66.4 Å². The summed E-state index contributed by atoms with van der Waals surface area (Å²) in [7, 11) is 0. The highest BCUT2D eigenvalue weighted by molar-refractivity contribution is 5.17. The van der Waals surface area contributed by atoms with Crippen LogP contribution in [0.3, 0.4) is 0 Å². The fourth-order valence-corrected chi connectivity index (χ4v) is 0.713.